The highest BCUT2D eigenvalue weighted by atomic mass is 16.4. The molecule has 0 radical (unpaired) electrons. The summed E-state index contributed by atoms with van der Waals surface area (Å²) in [6.07, 6.45) is 0.228. The van der Waals surface area contributed by atoms with Crippen molar-refractivity contribution in [3.8, 4) is 11.1 Å². The van der Waals surface area contributed by atoms with Gasteiger partial charge in [0.05, 0.1) is 0 Å². The molecule has 0 aliphatic rings. The fraction of sp³-hybridized carbons (Fsp3) is 0.259. The van der Waals surface area contributed by atoms with Gasteiger partial charge in [-0.15, -0.1) is 0 Å². The van der Waals surface area contributed by atoms with Gasteiger partial charge in [0.2, 0.25) is 0 Å². The number of amides is 1. The molecule has 3 aromatic rings. The lowest BCUT2D eigenvalue weighted by Crippen LogP contribution is -2.32. The summed E-state index contributed by atoms with van der Waals surface area (Å²) in [5, 5.41) is 12.0. The van der Waals surface area contributed by atoms with Crippen LogP contribution in [-0.4, -0.2) is 29.6 Å². The molecular formula is C27H30N2O3. The Bertz CT molecular complexity index is 1030. The van der Waals surface area contributed by atoms with Crippen LogP contribution < -0.4 is 11.1 Å². The molecule has 4 N–H and O–H groups in total. The van der Waals surface area contributed by atoms with Crippen molar-refractivity contribution in [3.63, 3.8) is 0 Å². The van der Waals surface area contributed by atoms with E-state index in [9.17, 15) is 9.59 Å². The van der Waals surface area contributed by atoms with E-state index in [4.69, 9.17) is 10.8 Å². The van der Waals surface area contributed by atoms with Crippen molar-refractivity contribution in [2.75, 3.05) is 6.54 Å². The normalized spacial score (nSPS) is 12.9. The van der Waals surface area contributed by atoms with Crippen LogP contribution in [0.15, 0.2) is 78.9 Å². The number of aliphatic carboxylic acids is 1. The number of hydrogen-bond acceptors (Lipinski definition) is 3. The smallest absolute Gasteiger partial charge is 0.320 e. The van der Waals surface area contributed by atoms with E-state index in [1.165, 1.54) is 16.7 Å². The Labute approximate surface area is 189 Å². The van der Waals surface area contributed by atoms with Crippen LogP contribution in [0.4, 0.5) is 0 Å². The van der Waals surface area contributed by atoms with Gasteiger partial charge >= 0.3 is 5.97 Å². The minimum Gasteiger partial charge on any atom is -0.480 e. The highest BCUT2D eigenvalue weighted by Gasteiger charge is 2.18. The van der Waals surface area contributed by atoms with Crippen molar-refractivity contribution in [1.82, 2.24) is 5.32 Å². The Hall–Kier alpha value is -3.44. The third-order valence-corrected chi connectivity index (χ3v) is 5.72. The molecule has 0 bridgehead atoms. The summed E-state index contributed by atoms with van der Waals surface area (Å²) in [4.78, 5) is 23.6. The zero-order valence-electron chi connectivity index (χ0n) is 18.5. The van der Waals surface area contributed by atoms with E-state index >= 15 is 0 Å². The molecule has 0 aliphatic carbocycles. The fourth-order valence-electron chi connectivity index (χ4n) is 3.73. The summed E-state index contributed by atoms with van der Waals surface area (Å²) >= 11 is 0. The predicted octanol–water partition coefficient (Wildman–Crippen LogP) is 4.48. The van der Waals surface area contributed by atoms with Crippen LogP contribution >= 0.6 is 0 Å². The Balaban J connectivity index is 1.63. The van der Waals surface area contributed by atoms with E-state index in [0.29, 0.717) is 18.0 Å². The molecule has 32 heavy (non-hydrogen) atoms. The number of nitrogens with two attached hydrogens (primary N) is 1. The summed E-state index contributed by atoms with van der Waals surface area (Å²) in [7, 11) is 0. The summed E-state index contributed by atoms with van der Waals surface area (Å²) in [5.41, 5.74) is 10.4. The van der Waals surface area contributed by atoms with Gasteiger partial charge in [0.1, 0.15) is 6.04 Å². The van der Waals surface area contributed by atoms with Gasteiger partial charge < -0.3 is 16.2 Å². The third-order valence-electron chi connectivity index (χ3n) is 5.72. The van der Waals surface area contributed by atoms with Crippen molar-refractivity contribution >= 4 is 11.9 Å². The summed E-state index contributed by atoms with van der Waals surface area (Å²) in [6.45, 7) is 4.84. The van der Waals surface area contributed by atoms with Crippen molar-refractivity contribution in [2.24, 2.45) is 11.7 Å². The fourth-order valence-corrected chi connectivity index (χ4v) is 3.73. The van der Waals surface area contributed by atoms with Crippen molar-refractivity contribution < 1.29 is 14.7 Å². The number of carboxylic acid groups (broad SMARTS) is 1. The molecule has 5 nitrogen and oxygen atoms in total. The molecule has 5 heteroatoms. The Morgan fingerprint density at radius 1 is 0.875 bits per heavy atom. The van der Waals surface area contributed by atoms with Crippen molar-refractivity contribution in [3.05, 3.63) is 95.6 Å². The van der Waals surface area contributed by atoms with Gasteiger partial charge in [-0.05, 0) is 46.7 Å². The molecule has 3 rings (SSSR count). The van der Waals surface area contributed by atoms with E-state index in [2.05, 4.69) is 55.6 Å². The SMILES string of the molecule is CC(C)[C@@H](CNC(=O)c1ccc(CC(N)C(=O)O)cc1)c1ccc(-c2ccccc2)cc1. The summed E-state index contributed by atoms with van der Waals surface area (Å²) in [5.74, 6) is -0.636. The Morgan fingerprint density at radius 2 is 1.47 bits per heavy atom. The lowest BCUT2D eigenvalue weighted by atomic mass is 9.87. The first-order valence-corrected chi connectivity index (χ1v) is 10.9. The van der Waals surface area contributed by atoms with E-state index in [-0.39, 0.29) is 18.2 Å². The highest BCUT2D eigenvalue weighted by Crippen LogP contribution is 2.27. The average Bonchev–Trinajstić information content (AvgIpc) is 2.80. The van der Waals surface area contributed by atoms with Crippen LogP contribution in [0.2, 0.25) is 0 Å². The minimum absolute atomic E-state index is 0.148. The maximum Gasteiger partial charge on any atom is 0.320 e. The second kappa shape index (κ2) is 10.7. The molecule has 1 unspecified atom stereocenters. The topological polar surface area (TPSA) is 92.4 Å². The van der Waals surface area contributed by atoms with Crippen LogP contribution in [0.5, 0.6) is 0 Å². The minimum atomic E-state index is -1.04. The number of carboxylic acids is 1. The number of nitrogens with one attached hydrogen (secondary N) is 1. The van der Waals surface area contributed by atoms with E-state index in [1.807, 2.05) is 18.2 Å². The quantitative estimate of drug-likeness (QED) is 0.467. The number of hydrogen-bond donors (Lipinski definition) is 3. The first-order chi connectivity index (χ1) is 15.3. The van der Waals surface area contributed by atoms with Gasteiger partial charge in [0, 0.05) is 18.0 Å². The molecule has 166 valence electrons. The Morgan fingerprint density at radius 3 is 2.03 bits per heavy atom. The third kappa shape index (κ3) is 6.05. The molecule has 0 saturated heterocycles. The second-order valence-corrected chi connectivity index (χ2v) is 8.39. The van der Waals surface area contributed by atoms with Gasteiger partial charge in [0.15, 0.2) is 0 Å². The van der Waals surface area contributed by atoms with Crippen LogP contribution in [0.25, 0.3) is 11.1 Å². The van der Waals surface area contributed by atoms with Crippen LogP contribution in [0.1, 0.15) is 41.3 Å². The largest absolute Gasteiger partial charge is 0.480 e. The molecule has 0 spiro atoms. The number of rotatable bonds is 9. The van der Waals surface area contributed by atoms with Crippen LogP contribution in [0.3, 0.4) is 0 Å². The van der Waals surface area contributed by atoms with Gasteiger partial charge in [-0.3, -0.25) is 9.59 Å². The van der Waals surface area contributed by atoms with Crippen molar-refractivity contribution in [2.45, 2.75) is 32.2 Å². The lowest BCUT2D eigenvalue weighted by molar-refractivity contribution is -0.138. The molecular weight excluding hydrogens is 400 g/mol. The second-order valence-electron chi connectivity index (χ2n) is 8.39. The molecule has 1 amide bonds. The van der Waals surface area contributed by atoms with E-state index in [1.54, 1.807) is 24.3 Å². The maximum absolute atomic E-state index is 12.7. The molecule has 3 aromatic carbocycles. The van der Waals surface area contributed by atoms with Gasteiger partial charge in [-0.2, -0.15) is 0 Å². The molecule has 0 heterocycles. The van der Waals surface area contributed by atoms with E-state index in [0.717, 1.165) is 5.56 Å². The zero-order valence-corrected chi connectivity index (χ0v) is 18.5. The zero-order chi connectivity index (χ0) is 23.1. The number of carbonyl (C=O) groups is 2. The summed E-state index contributed by atoms with van der Waals surface area (Å²) in [6, 6.07) is 24.8. The van der Waals surface area contributed by atoms with Crippen molar-refractivity contribution in [1.29, 1.82) is 0 Å². The standard InChI is InChI=1S/C27H30N2O3/c1-18(2)24(22-14-12-21(13-15-22)20-6-4-3-5-7-20)17-29-26(30)23-10-8-19(9-11-23)16-25(28)27(31)32/h3-15,18,24-25H,16-17,28H2,1-2H3,(H,29,30)(H,31,32)/t24-,25?/m1/s1. The average molecular weight is 431 g/mol. The first kappa shape index (κ1) is 23.2. The maximum atomic E-state index is 12.7. The molecule has 0 aliphatic heterocycles. The first-order valence-electron chi connectivity index (χ1n) is 10.9. The molecule has 2 atom stereocenters. The molecule has 0 aromatic heterocycles. The van der Waals surface area contributed by atoms with Gasteiger partial charge in [-0.25, -0.2) is 0 Å². The number of carbonyl (C=O) groups excluding carboxylic acids is 1. The Kier molecular flexibility index (Phi) is 7.79. The monoisotopic (exact) mass is 430 g/mol. The van der Waals surface area contributed by atoms with Gasteiger partial charge in [-0.1, -0.05) is 80.6 Å². The molecule has 0 fully saturated rings. The number of benzene rings is 3. The summed E-state index contributed by atoms with van der Waals surface area (Å²) < 4.78 is 0. The van der Waals surface area contributed by atoms with E-state index < -0.39 is 12.0 Å². The van der Waals surface area contributed by atoms with Crippen LogP contribution in [-0.2, 0) is 11.2 Å². The van der Waals surface area contributed by atoms with Crippen LogP contribution in [0, 0.1) is 5.92 Å². The highest BCUT2D eigenvalue weighted by molar-refractivity contribution is 5.94. The predicted molar refractivity (Wildman–Crippen MR) is 128 cm³/mol. The molecule has 0 saturated carbocycles. The lowest BCUT2D eigenvalue weighted by Gasteiger charge is -2.22. The van der Waals surface area contributed by atoms with Gasteiger partial charge in [0.25, 0.3) is 5.91 Å².